The van der Waals surface area contributed by atoms with Gasteiger partial charge in [0.15, 0.2) is 6.23 Å². The van der Waals surface area contributed by atoms with Gasteiger partial charge in [-0.3, -0.25) is 4.79 Å². The summed E-state index contributed by atoms with van der Waals surface area (Å²) in [5.41, 5.74) is 0. The van der Waals surface area contributed by atoms with Crippen LogP contribution in [0.25, 0.3) is 0 Å². The first-order valence-electron chi connectivity index (χ1n) is 7.91. The van der Waals surface area contributed by atoms with Crippen molar-refractivity contribution in [2.45, 2.75) is 65.0 Å². The van der Waals surface area contributed by atoms with Crippen LogP contribution in [-0.2, 0) is 14.3 Å². The van der Waals surface area contributed by atoms with E-state index in [1.165, 1.54) is 38.8 Å². The molecular weight excluding hydrogens is 256 g/mol. The molecule has 0 aromatic carbocycles. The molecule has 1 atom stereocenters. The van der Waals surface area contributed by atoms with Crippen LogP contribution >= 0.6 is 0 Å². The Hall–Kier alpha value is -1.10. The van der Waals surface area contributed by atoms with Crippen molar-refractivity contribution in [3.8, 4) is 0 Å². The molecule has 1 unspecified atom stereocenters. The molecule has 1 aliphatic rings. The molecule has 5 heteroatoms. The third-order valence-electron chi connectivity index (χ3n) is 3.57. The highest BCUT2D eigenvalue weighted by atomic mass is 16.6. The summed E-state index contributed by atoms with van der Waals surface area (Å²) in [6.45, 7) is 7.87. The summed E-state index contributed by atoms with van der Waals surface area (Å²) in [4.78, 5) is 24.4. The maximum absolute atomic E-state index is 11.0. The Bertz CT molecular complexity index is 283. The van der Waals surface area contributed by atoms with Gasteiger partial charge in [0.2, 0.25) is 0 Å². The van der Waals surface area contributed by atoms with Gasteiger partial charge in [0.25, 0.3) is 0 Å². The highest BCUT2D eigenvalue weighted by Crippen LogP contribution is 2.09. The van der Waals surface area contributed by atoms with Gasteiger partial charge in [-0.05, 0) is 45.3 Å². The zero-order chi connectivity index (χ0) is 14.8. The minimum Gasteiger partial charge on any atom is -0.435 e. The van der Waals surface area contributed by atoms with Crippen LogP contribution in [0.15, 0.2) is 0 Å². The van der Waals surface area contributed by atoms with E-state index in [2.05, 4.69) is 24.1 Å². The summed E-state index contributed by atoms with van der Waals surface area (Å²) in [7, 11) is 0. The lowest BCUT2D eigenvalue weighted by molar-refractivity contribution is -0.149. The Balaban J connectivity index is 2.13. The number of hydrogen-bond donors (Lipinski definition) is 1. The summed E-state index contributed by atoms with van der Waals surface area (Å²) in [6, 6.07) is 0. The fraction of sp³-hybridized carbons (Fsp3) is 0.867. The number of esters is 1. The average molecular weight is 284 g/mol. The molecule has 1 amide bonds. The summed E-state index contributed by atoms with van der Waals surface area (Å²) in [6.07, 6.45) is 7.31. The van der Waals surface area contributed by atoms with Crippen LogP contribution in [0, 0.1) is 0 Å². The molecule has 1 rings (SSSR count). The summed E-state index contributed by atoms with van der Waals surface area (Å²) < 4.78 is 4.90. The van der Waals surface area contributed by atoms with Crippen molar-refractivity contribution in [2.24, 2.45) is 0 Å². The summed E-state index contributed by atoms with van der Waals surface area (Å²) in [5, 5.41) is 2.54. The second kappa shape index (κ2) is 9.75. The van der Waals surface area contributed by atoms with Gasteiger partial charge in [0.05, 0.1) is 0 Å². The molecule has 0 aliphatic carbocycles. The minimum absolute atomic E-state index is 0.408. The third kappa shape index (κ3) is 6.37. The van der Waals surface area contributed by atoms with Crippen LogP contribution in [0.1, 0.15) is 58.8 Å². The number of amides is 1. The summed E-state index contributed by atoms with van der Waals surface area (Å²) in [5.74, 6) is -1.36. The molecule has 0 aromatic rings. The van der Waals surface area contributed by atoms with Crippen LogP contribution in [0.3, 0.4) is 0 Å². The van der Waals surface area contributed by atoms with Crippen molar-refractivity contribution in [2.75, 3.05) is 19.6 Å². The van der Waals surface area contributed by atoms with Crippen molar-refractivity contribution in [3.63, 3.8) is 0 Å². The molecule has 0 bridgehead atoms. The lowest BCUT2D eigenvalue weighted by Crippen LogP contribution is -2.28. The second-order valence-corrected chi connectivity index (χ2v) is 5.41. The third-order valence-corrected chi connectivity index (χ3v) is 3.57. The first kappa shape index (κ1) is 17.0. The number of cyclic esters (lactones) is 1. The van der Waals surface area contributed by atoms with Crippen molar-refractivity contribution in [1.29, 1.82) is 0 Å². The topological polar surface area (TPSA) is 58.6 Å². The van der Waals surface area contributed by atoms with Crippen LogP contribution in [0.2, 0.25) is 0 Å². The van der Waals surface area contributed by atoms with Gasteiger partial charge in [-0.15, -0.1) is 0 Å². The fourth-order valence-corrected chi connectivity index (χ4v) is 2.31. The van der Waals surface area contributed by atoms with Gasteiger partial charge in [-0.2, -0.15) is 0 Å². The number of nitrogens with one attached hydrogen (secondary N) is 1. The Labute approximate surface area is 122 Å². The van der Waals surface area contributed by atoms with Crippen molar-refractivity contribution < 1.29 is 14.3 Å². The van der Waals surface area contributed by atoms with Gasteiger partial charge >= 0.3 is 11.9 Å². The molecule has 1 fully saturated rings. The first-order valence-corrected chi connectivity index (χ1v) is 7.91. The van der Waals surface area contributed by atoms with Crippen LogP contribution in [-0.4, -0.2) is 42.6 Å². The maximum atomic E-state index is 11.0. The number of carbonyl (C=O) groups excluding carboxylic acids is 2. The number of unbranched alkanes of at least 4 members (excludes halogenated alkanes) is 3. The van der Waals surface area contributed by atoms with Gasteiger partial charge in [-0.1, -0.05) is 26.7 Å². The molecular formula is C15H28N2O3. The van der Waals surface area contributed by atoms with E-state index in [-0.39, 0.29) is 0 Å². The molecule has 1 N–H and O–H groups in total. The summed E-state index contributed by atoms with van der Waals surface area (Å²) >= 11 is 0. The number of nitrogens with zero attached hydrogens (tertiary/aromatic N) is 1. The van der Waals surface area contributed by atoms with E-state index in [1.807, 2.05) is 0 Å². The van der Waals surface area contributed by atoms with Crippen LogP contribution in [0.5, 0.6) is 0 Å². The highest BCUT2D eigenvalue weighted by molar-refractivity contribution is 6.34. The van der Waals surface area contributed by atoms with Crippen molar-refractivity contribution >= 4 is 11.9 Å². The van der Waals surface area contributed by atoms with Crippen molar-refractivity contribution in [3.05, 3.63) is 0 Å². The predicted octanol–water partition coefficient (Wildman–Crippen LogP) is 2.06. The van der Waals surface area contributed by atoms with Gasteiger partial charge < -0.3 is 15.0 Å². The Morgan fingerprint density at radius 1 is 1.00 bits per heavy atom. The van der Waals surface area contributed by atoms with E-state index < -0.39 is 18.1 Å². The second-order valence-electron chi connectivity index (χ2n) is 5.41. The lowest BCUT2D eigenvalue weighted by Gasteiger charge is -2.22. The molecule has 0 radical (unpaired) electrons. The minimum atomic E-state index is -0.748. The van der Waals surface area contributed by atoms with E-state index in [0.717, 1.165) is 19.4 Å². The molecule has 20 heavy (non-hydrogen) atoms. The monoisotopic (exact) mass is 284 g/mol. The average Bonchev–Trinajstić information content (AvgIpc) is 2.76. The van der Waals surface area contributed by atoms with Gasteiger partial charge in [0, 0.05) is 6.42 Å². The molecule has 0 aromatic heterocycles. The Morgan fingerprint density at radius 3 is 2.10 bits per heavy atom. The van der Waals surface area contributed by atoms with Crippen LogP contribution < -0.4 is 5.32 Å². The van der Waals surface area contributed by atoms with E-state index in [1.54, 1.807) is 0 Å². The quantitative estimate of drug-likeness (QED) is 0.358. The van der Waals surface area contributed by atoms with Gasteiger partial charge in [0.1, 0.15) is 0 Å². The van der Waals surface area contributed by atoms with E-state index in [4.69, 9.17) is 4.74 Å². The normalized spacial score (nSPS) is 18.4. The standard InChI is InChI=1S/C15H28N2O3/c1-3-5-10-17(11-6-4-2)12-8-7-9-13-16-14(18)15(19)20-13/h13H,3-12H2,1-2H3,(H,16,18). The zero-order valence-corrected chi connectivity index (χ0v) is 12.8. The molecule has 1 saturated heterocycles. The highest BCUT2D eigenvalue weighted by Gasteiger charge is 2.30. The fourth-order valence-electron chi connectivity index (χ4n) is 2.31. The first-order chi connectivity index (χ1) is 9.67. The predicted molar refractivity (Wildman–Crippen MR) is 78.1 cm³/mol. The Kier molecular flexibility index (Phi) is 8.26. The Morgan fingerprint density at radius 2 is 1.60 bits per heavy atom. The lowest BCUT2D eigenvalue weighted by atomic mass is 10.2. The van der Waals surface area contributed by atoms with E-state index in [0.29, 0.717) is 6.42 Å². The van der Waals surface area contributed by atoms with E-state index >= 15 is 0 Å². The molecule has 0 saturated carbocycles. The van der Waals surface area contributed by atoms with Gasteiger partial charge in [-0.25, -0.2) is 4.79 Å². The molecule has 5 nitrogen and oxygen atoms in total. The number of hydrogen-bond acceptors (Lipinski definition) is 4. The number of rotatable bonds is 11. The molecule has 116 valence electrons. The number of carbonyl (C=O) groups is 2. The maximum Gasteiger partial charge on any atom is 0.398 e. The largest absolute Gasteiger partial charge is 0.435 e. The molecule has 0 spiro atoms. The number of ether oxygens (including phenoxy) is 1. The molecule has 1 heterocycles. The SMILES string of the molecule is CCCCN(CCCC)CCCCC1NC(=O)C(=O)O1. The zero-order valence-electron chi connectivity index (χ0n) is 12.8. The van der Waals surface area contributed by atoms with Crippen LogP contribution in [0.4, 0.5) is 0 Å². The smallest absolute Gasteiger partial charge is 0.398 e. The van der Waals surface area contributed by atoms with E-state index in [9.17, 15) is 9.59 Å². The van der Waals surface area contributed by atoms with Crippen molar-refractivity contribution in [1.82, 2.24) is 10.2 Å². The molecule has 1 aliphatic heterocycles.